The Balaban J connectivity index is 1.64. The van der Waals surface area contributed by atoms with E-state index in [1.807, 2.05) is 35.2 Å². The molecule has 2 aromatic rings. The molecule has 2 fully saturated rings. The average molecular weight is 447 g/mol. The van der Waals surface area contributed by atoms with Crippen LogP contribution in [0.5, 0.6) is 11.5 Å². The highest BCUT2D eigenvalue weighted by atomic mass is 32.2. The molecule has 2 saturated heterocycles. The normalized spacial score (nSPS) is 23.4. The van der Waals surface area contributed by atoms with Gasteiger partial charge >= 0.3 is 0 Å². The number of nitrogens with zero attached hydrogens (tertiary/aromatic N) is 2. The van der Waals surface area contributed by atoms with Gasteiger partial charge in [0.15, 0.2) is 26.5 Å². The molecule has 2 heterocycles. The molecule has 1 amide bonds. The van der Waals surface area contributed by atoms with Gasteiger partial charge in [0.25, 0.3) is 5.91 Å². The first-order valence-electron chi connectivity index (χ1n) is 9.43. The summed E-state index contributed by atoms with van der Waals surface area (Å²) >= 11 is 1.37. The van der Waals surface area contributed by atoms with Crippen molar-refractivity contribution in [2.75, 3.05) is 25.7 Å². The van der Waals surface area contributed by atoms with E-state index < -0.39 is 15.7 Å². The summed E-state index contributed by atoms with van der Waals surface area (Å²) in [6.07, 6.45) is 0. The number of sulfone groups is 1. The molecule has 0 unspecified atom stereocenters. The standard InChI is InChI=1S/C21H22N2O5S2/c1-27-17-9-8-15(10-18(17)28-2)20(24)22-21-23(11-14-6-4-3-5-7-14)16-12-30(25,26)13-19(16)29-21/h3-10,16,19H,11-13H2,1-2H3/t16-,19-/m1/s1. The van der Waals surface area contributed by atoms with E-state index in [2.05, 4.69) is 4.99 Å². The lowest BCUT2D eigenvalue weighted by Crippen LogP contribution is -2.37. The van der Waals surface area contributed by atoms with Crippen LogP contribution in [-0.4, -0.2) is 61.4 Å². The van der Waals surface area contributed by atoms with Gasteiger partial charge < -0.3 is 14.4 Å². The predicted octanol–water partition coefficient (Wildman–Crippen LogP) is 2.61. The summed E-state index contributed by atoms with van der Waals surface area (Å²) in [5.74, 6) is 0.770. The zero-order chi connectivity index (χ0) is 21.3. The number of amides is 1. The van der Waals surface area contributed by atoms with E-state index in [0.29, 0.717) is 28.8 Å². The van der Waals surface area contributed by atoms with E-state index in [-0.39, 0.29) is 22.8 Å². The SMILES string of the molecule is COc1ccc(C(=O)N=C2S[C@@H]3CS(=O)(=O)C[C@H]3N2Cc2ccccc2)cc1OC. The van der Waals surface area contributed by atoms with Gasteiger partial charge in [-0.15, -0.1) is 0 Å². The summed E-state index contributed by atoms with van der Waals surface area (Å²) in [6, 6.07) is 14.5. The molecule has 0 radical (unpaired) electrons. The van der Waals surface area contributed by atoms with E-state index in [9.17, 15) is 13.2 Å². The Morgan fingerprint density at radius 1 is 1.10 bits per heavy atom. The minimum Gasteiger partial charge on any atom is -0.493 e. The largest absolute Gasteiger partial charge is 0.493 e. The summed E-state index contributed by atoms with van der Waals surface area (Å²) in [5.41, 5.74) is 1.42. The van der Waals surface area contributed by atoms with Gasteiger partial charge in [-0.3, -0.25) is 4.79 Å². The Morgan fingerprint density at radius 3 is 2.53 bits per heavy atom. The quantitative estimate of drug-likeness (QED) is 0.698. The number of hydrogen-bond acceptors (Lipinski definition) is 6. The summed E-state index contributed by atoms with van der Waals surface area (Å²) in [4.78, 5) is 19.2. The van der Waals surface area contributed by atoms with Gasteiger partial charge in [-0.1, -0.05) is 42.1 Å². The Labute approximate surface area is 180 Å². The number of amidine groups is 1. The van der Waals surface area contributed by atoms with Gasteiger partial charge in [-0.25, -0.2) is 8.42 Å². The third-order valence-corrected chi connectivity index (χ3v) is 8.45. The second kappa shape index (κ2) is 8.31. The molecule has 30 heavy (non-hydrogen) atoms. The van der Waals surface area contributed by atoms with Crippen molar-refractivity contribution < 1.29 is 22.7 Å². The lowest BCUT2D eigenvalue weighted by molar-refractivity contribution is 0.100. The molecule has 0 saturated carbocycles. The molecule has 0 N–H and O–H groups in total. The van der Waals surface area contributed by atoms with E-state index in [1.165, 1.54) is 26.0 Å². The molecule has 2 aliphatic heterocycles. The van der Waals surface area contributed by atoms with Gasteiger partial charge in [-0.2, -0.15) is 4.99 Å². The number of fused-ring (bicyclic) bond motifs is 1. The minimum atomic E-state index is -3.08. The molecule has 0 spiro atoms. The van der Waals surface area contributed by atoms with Crippen LogP contribution in [0.2, 0.25) is 0 Å². The van der Waals surface area contributed by atoms with E-state index in [0.717, 1.165) is 5.56 Å². The molecule has 158 valence electrons. The molecular formula is C21H22N2O5S2. The maximum atomic E-state index is 12.9. The summed E-state index contributed by atoms with van der Waals surface area (Å²) in [5, 5.41) is 0.444. The summed E-state index contributed by atoms with van der Waals surface area (Å²) in [7, 11) is -0.0456. The number of benzene rings is 2. The molecule has 0 aliphatic carbocycles. The van der Waals surface area contributed by atoms with E-state index >= 15 is 0 Å². The molecule has 0 aromatic heterocycles. The van der Waals surface area contributed by atoms with Gasteiger partial charge in [0.05, 0.1) is 31.8 Å². The third kappa shape index (κ3) is 4.17. The Kier molecular flexibility index (Phi) is 5.75. The number of ether oxygens (including phenoxy) is 2. The highest BCUT2D eigenvalue weighted by molar-refractivity contribution is 8.15. The number of rotatable bonds is 5. The van der Waals surface area contributed by atoms with E-state index in [4.69, 9.17) is 9.47 Å². The van der Waals surface area contributed by atoms with Crippen LogP contribution in [0.1, 0.15) is 15.9 Å². The van der Waals surface area contributed by atoms with Crippen LogP contribution >= 0.6 is 11.8 Å². The highest BCUT2D eigenvalue weighted by Gasteiger charge is 2.48. The second-order valence-corrected chi connectivity index (χ2v) is 10.5. The lowest BCUT2D eigenvalue weighted by atomic mass is 10.1. The first kappa shape index (κ1) is 20.7. The van der Waals surface area contributed by atoms with E-state index in [1.54, 1.807) is 18.2 Å². The van der Waals surface area contributed by atoms with Crippen molar-refractivity contribution in [2.45, 2.75) is 17.8 Å². The molecule has 0 bridgehead atoms. The van der Waals surface area contributed by atoms with Crippen LogP contribution in [0.3, 0.4) is 0 Å². The Bertz CT molecular complexity index is 1090. The van der Waals surface area contributed by atoms with Crippen LogP contribution < -0.4 is 9.47 Å². The first-order valence-corrected chi connectivity index (χ1v) is 12.1. The lowest BCUT2D eigenvalue weighted by Gasteiger charge is -2.24. The Hall–Kier alpha value is -2.52. The topological polar surface area (TPSA) is 85.3 Å². The van der Waals surface area contributed by atoms with Crippen molar-refractivity contribution >= 4 is 32.7 Å². The van der Waals surface area contributed by atoms with Crippen LogP contribution in [0, 0.1) is 0 Å². The monoisotopic (exact) mass is 446 g/mol. The van der Waals surface area contributed by atoms with Crippen molar-refractivity contribution in [3.05, 3.63) is 59.7 Å². The molecule has 4 rings (SSSR count). The second-order valence-electron chi connectivity index (χ2n) is 7.18. The van der Waals surface area contributed by atoms with Gasteiger partial charge in [-0.05, 0) is 23.8 Å². The van der Waals surface area contributed by atoms with Crippen molar-refractivity contribution in [1.29, 1.82) is 0 Å². The third-order valence-electron chi connectivity index (χ3n) is 5.20. The van der Waals surface area contributed by atoms with Gasteiger partial charge in [0, 0.05) is 17.4 Å². The zero-order valence-corrected chi connectivity index (χ0v) is 18.3. The number of carbonyl (C=O) groups is 1. The molecule has 2 atom stereocenters. The molecule has 9 heteroatoms. The van der Waals surface area contributed by atoms with Crippen LogP contribution in [0.15, 0.2) is 53.5 Å². The Morgan fingerprint density at radius 2 is 1.83 bits per heavy atom. The molecule has 7 nitrogen and oxygen atoms in total. The number of carbonyl (C=O) groups excluding carboxylic acids is 1. The van der Waals surface area contributed by atoms with Crippen LogP contribution in [0.25, 0.3) is 0 Å². The van der Waals surface area contributed by atoms with Crippen molar-refractivity contribution in [1.82, 2.24) is 4.90 Å². The number of thioether (sulfide) groups is 1. The molecular weight excluding hydrogens is 424 g/mol. The fourth-order valence-electron chi connectivity index (χ4n) is 3.72. The maximum absolute atomic E-state index is 12.9. The zero-order valence-electron chi connectivity index (χ0n) is 16.6. The number of hydrogen-bond donors (Lipinski definition) is 0. The molecule has 2 aromatic carbocycles. The number of methoxy groups -OCH3 is 2. The summed E-state index contributed by atoms with van der Waals surface area (Å²) < 4.78 is 34.8. The van der Waals surface area contributed by atoms with Crippen molar-refractivity contribution in [3.8, 4) is 11.5 Å². The maximum Gasteiger partial charge on any atom is 0.279 e. The predicted molar refractivity (Wildman–Crippen MR) is 117 cm³/mol. The first-order chi connectivity index (χ1) is 14.4. The highest BCUT2D eigenvalue weighted by Crippen LogP contribution is 2.39. The molecule has 2 aliphatic rings. The average Bonchev–Trinajstić information content (AvgIpc) is 3.20. The minimum absolute atomic E-state index is 0.0844. The van der Waals surface area contributed by atoms with Crippen molar-refractivity contribution in [3.63, 3.8) is 0 Å². The van der Waals surface area contributed by atoms with Gasteiger partial charge in [0.2, 0.25) is 0 Å². The van der Waals surface area contributed by atoms with Crippen molar-refractivity contribution in [2.24, 2.45) is 4.99 Å². The van der Waals surface area contributed by atoms with Crippen LogP contribution in [-0.2, 0) is 16.4 Å². The van der Waals surface area contributed by atoms with Gasteiger partial charge in [0.1, 0.15) is 0 Å². The number of aliphatic imine (C=N–C) groups is 1. The fourth-order valence-corrected chi connectivity index (χ4v) is 7.67. The van der Waals surface area contributed by atoms with Crippen LogP contribution in [0.4, 0.5) is 0 Å². The summed E-state index contributed by atoms with van der Waals surface area (Å²) in [6.45, 7) is 0.503. The fraction of sp³-hybridized carbons (Fsp3) is 0.333. The smallest absolute Gasteiger partial charge is 0.279 e.